The van der Waals surface area contributed by atoms with E-state index in [9.17, 15) is 4.79 Å². The molecule has 2 aromatic rings. The second kappa shape index (κ2) is 4.94. The first kappa shape index (κ1) is 13.2. The summed E-state index contributed by atoms with van der Waals surface area (Å²) in [7, 11) is 0. The first-order chi connectivity index (χ1) is 9.56. The van der Waals surface area contributed by atoms with Crippen LogP contribution in [0.5, 0.6) is 0 Å². The van der Waals surface area contributed by atoms with Gasteiger partial charge < -0.3 is 14.8 Å². The maximum absolute atomic E-state index is 10.9. The van der Waals surface area contributed by atoms with Crippen LogP contribution in [0.1, 0.15) is 42.3 Å². The molecule has 0 bridgehead atoms. The van der Waals surface area contributed by atoms with Crippen LogP contribution < -0.4 is 5.32 Å². The summed E-state index contributed by atoms with van der Waals surface area (Å²) in [4.78, 5) is 10.9. The van der Waals surface area contributed by atoms with Crippen LogP contribution in [0.4, 0.5) is 0 Å². The van der Waals surface area contributed by atoms with E-state index in [4.69, 9.17) is 9.52 Å². The zero-order valence-electron chi connectivity index (χ0n) is 11.6. The highest BCUT2D eigenvalue weighted by molar-refractivity contribution is 5.91. The van der Waals surface area contributed by atoms with E-state index in [0.717, 1.165) is 24.0 Å². The fourth-order valence-electron chi connectivity index (χ4n) is 2.77. The number of aromatic carboxylic acids is 1. The summed E-state index contributed by atoms with van der Waals surface area (Å²) in [5.41, 5.74) is 2.24. The van der Waals surface area contributed by atoms with Gasteiger partial charge in [0.2, 0.25) is 5.76 Å². The van der Waals surface area contributed by atoms with Crippen LogP contribution in [0.25, 0.3) is 11.0 Å². The first-order valence-corrected chi connectivity index (χ1v) is 7.02. The molecule has 3 rings (SSSR count). The Morgan fingerprint density at radius 1 is 1.40 bits per heavy atom. The molecule has 0 amide bonds. The van der Waals surface area contributed by atoms with Gasteiger partial charge in [-0.25, -0.2) is 4.79 Å². The van der Waals surface area contributed by atoms with E-state index < -0.39 is 5.97 Å². The molecule has 20 heavy (non-hydrogen) atoms. The van der Waals surface area contributed by atoms with Crippen molar-refractivity contribution in [1.82, 2.24) is 5.32 Å². The Labute approximate surface area is 117 Å². The van der Waals surface area contributed by atoms with E-state index in [1.54, 1.807) is 6.07 Å². The van der Waals surface area contributed by atoms with Crippen molar-refractivity contribution in [2.24, 2.45) is 5.41 Å². The summed E-state index contributed by atoms with van der Waals surface area (Å²) in [6.45, 7) is 4.16. The topological polar surface area (TPSA) is 62.5 Å². The van der Waals surface area contributed by atoms with Crippen LogP contribution >= 0.6 is 0 Å². The fraction of sp³-hybridized carbons (Fsp3) is 0.438. The molecule has 106 valence electrons. The predicted molar refractivity (Wildman–Crippen MR) is 76.8 cm³/mol. The Morgan fingerprint density at radius 2 is 2.20 bits per heavy atom. The van der Waals surface area contributed by atoms with Crippen molar-refractivity contribution in [2.75, 3.05) is 6.54 Å². The Morgan fingerprint density at radius 3 is 2.85 bits per heavy atom. The smallest absolute Gasteiger partial charge is 0.371 e. The molecule has 0 radical (unpaired) electrons. The molecule has 1 aromatic heterocycles. The minimum Gasteiger partial charge on any atom is -0.475 e. The lowest BCUT2D eigenvalue weighted by atomic mass is 9.70. The van der Waals surface area contributed by atoms with E-state index in [0.29, 0.717) is 11.0 Å². The lowest BCUT2D eigenvalue weighted by molar-refractivity contribution is 0.0665. The van der Waals surface area contributed by atoms with Gasteiger partial charge in [-0.3, -0.25) is 0 Å². The summed E-state index contributed by atoms with van der Waals surface area (Å²) in [5.74, 6) is -1.04. The molecular formula is C16H19NO3. The highest BCUT2D eigenvalue weighted by Crippen LogP contribution is 2.39. The van der Waals surface area contributed by atoms with E-state index in [1.165, 1.54) is 19.3 Å². The van der Waals surface area contributed by atoms with Gasteiger partial charge in [0.05, 0.1) is 0 Å². The second-order valence-electron chi connectivity index (χ2n) is 6.06. The van der Waals surface area contributed by atoms with Gasteiger partial charge in [-0.2, -0.15) is 0 Å². The minimum absolute atomic E-state index is 0.00733. The van der Waals surface area contributed by atoms with Gasteiger partial charge in [0, 0.05) is 18.5 Å². The number of rotatable bonds is 5. The summed E-state index contributed by atoms with van der Waals surface area (Å²) >= 11 is 0. The van der Waals surface area contributed by atoms with Gasteiger partial charge >= 0.3 is 5.97 Å². The number of nitrogens with one attached hydrogen (secondary N) is 1. The summed E-state index contributed by atoms with van der Waals surface area (Å²) in [5, 5.41) is 13.2. The standard InChI is InChI=1S/C16H19NO3/c1-16(5-2-6-16)10-17-9-11-3-4-13-12(7-11)8-14(20-13)15(18)19/h3-4,7-8,17H,2,5-6,9-10H2,1H3,(H,18,19). The molecule has 1 aliphatic carbocycles. The third kappa shape index (κ3) is 2.56. The summed E-state index contributed by atoms with van der Waals surface area (Å²) < 4.78 is 5.25. The fourth-order valence-corrected chi connectivity index (χ4v) is 2.77. The quantitative estimate of drug-likeness (QED) is 0.876. The SMILES string of the molecule is CC1(CNCc2ccc3oc(C(=O)O)cc3c2)CCC1. The lowest BCUT2D eigenvalue weighted by Gasteiger charge is -2.38. The molecule has 2 N–H and O–H groups in total. The first-order valence-electron chi connectivity index (χ1n) is 7.02. The minimum atomic E-state index is -1.03. The molecule has 1 heterocycles. The largest absolute Gasteiger partial charge is 0.475 e. The molecule has 1 aliphatic rings. The molecule has 0 atom stereocenters. The highest BCUT2D eigenvalue weighted by atomic mass is 16.4. The number of hydrogen-bond donors (Lipinski definition) is 2. The molecule has 1 aromatic carbocycles. The van der Waals surface area contributed by atoms with Crippen LogP contribution in [-0.2, 0) is 6.54 Å². The Balaban J connectivity index is 1.67. The van der Waals surface area contributed by atoms with Crippen LogP contribution in [0.2, 0.25) is 0 Å². The monoisotopic (exact) mass is 273 g/mol. The van der Waals surface area contributed by atoms with Crippen molar-refractivity contribution >= 4 is 16.9 Å². The van der Waals surface area contributed by atoms with Crippen molar-refractivity contribution in [2.45, 2.75) is 32.7 Å². The second-order valence-corrected chi connectivity index (χ2v) is 6.06. The molecule has 4 heteroatoms. The van der Waals surface area contributed by atoms with E-state index in [1.807, 2.05) is 18.2 Å². The average molecular weight is 273 g/mol. The van der Waals surface area contributed by atoms with Crippen molar-refractivity contribution < 1.29 is 14.3 Å². The van der Waals surface area contributed by atoms with Gasteiger partial charge in [0.15, 0.2) is 0 Å². The molecular weight excluding hydrogens is 254 g/mol. The molecule has 0 unspecified atom stereocenters. The van der Waals surface area contributed by atoms with Gasteiger partial charge in [0.1, 0.15) is 5.58 Å². The number of carbonyl (C=O) groups is 1. The van der Waals surface area contributed by atoms with Crippen molar-refractivity contribution in [3.8, 4) is 0 Å². The van der Waals surface area contributed by atoms with Crippen LogP contribution in [0.3, 0.4) is 0 Å². The maximum Gasteiger partial charge on any atom is 0.371 e. The van der Waals surface area contributed by atoms with E-state index in [2.05, 4.69) is 12.2 Å². The normalized spacial score (nSPS) is 17.1. The number of carboxylic acid groups (broad SMARTS) is 1. The predicted octanol–water partition coefficient (Wildman–Crippen LogP) is 3.41. The highest BCUT2D eigenvalue weighted by Gasteiger charge is 2.30. The Kier molecular flexibility index (Phi) is 3.26. The van der Waals surface area contributed by atoms with Crippen molar-refractivity contribution in [3.63, 3.8) is 0 Å². The number of hydrogen-bond acceptors (Lipinski definition) is 3. The van der Waals surface area contributed by atoms with E-state index >= 15 is 0 Å². The number of benzene rings is 1. The van der Waals surface area contributed by atoms with Crippen LogP contribution in [-0.4, -0.2) is 17.6 Å². The van der Waals surface area contributed by atoms with Crippen molar-refractivity contribution in [1.29, 1.82) is 0 Å². The lowest BCUT2D eigenvalue weighted by Crippen LogP contribution is -2.36. The molecule has 0 aliphatic heterocycles. The maximum atomic E-state index is 10.9. The van der Waals surface area contributed by atoms with Crippen LogP contribution in [0, 0.1) is 5.41 Å². The van der Waals surface area contributed by atoms with Crippen molar-refractivity contribution in [3.05, 3.63) is 35.6 Å². The number of carboxylic acids is 1. The molecule has 0 spiro atoms. The summed E-state index contributed by atoms with van der Waals surface area (Å²) in [6.07, 6.45) is 3.96. The van der Waals surface area contributed by atoms with E-state index in [-0.39, 0.29) is 5.76 Å². The molecule has 0 saturated heterocycles. The Hall–Kier alpha value is -1.81. The molecule has 4 nitrogen and oxygen atoms in total. The third-order valence-electron chi connectivity index (χ3n) is 4.23. The Bertz CT molecular complexity index is 640. The van der Waals surface area contributed by atoms with Crippen LogP contribution in [0.15, 0.2) is 28.7 Å². The van der Waals surface area contributed by atoms with Gasteiger partial charge in [-0.05, 0) is 42.0 Å². The molecule has 1 fully saturated rings. The third-order valence-corrected chi connectivity index (χ3v) is 4.23. The zero-order chi connectivity index (χ0) is 14.2. The van der Waals surface area contributed by atoms with Gasteiger partial charge in [-0.15, -0.1) is 0 Å². The zero-order valence-corrected chi connectivity index (χ0v) is 11.6. The molecule has 1 saturated carbocycles. The van der Waals surface area contributed by atoms with Gasteiger partial charge in [0.25, 0.3) is 0 Å². The number of fused-ring (bicyclic) bond motifs is 1. The summed E-state index contributed by atoms with van der Waals surface area (Å²) in [6, 6.07) is 7.38. The number of furan rings is 1. The van der Waals surface area contributed by atoms with Gasteiger partial charge in [-0.1, -0.05) is 19.4 Å². The average Bonchev–Trinajstić information content (AvgIpc) is 2.80.